The molecule has 0 saturated carbocycles. The van der Waals surface area contributed by atoms with Gasteiger partial charge in [-0.1, -0.05) is 43.3 Å². The van der Waals surface area contributed by atoms with Crippen LogP contribution in [-0.2, 0) is 11.2 Å². The van der Waals surface area contributed by atoms with Crippen LogP contribution in [0.1, 0.15) is 29.3 Å². The SMILES string of the molecule is C=CCN(CC=C)CC(CC(=O)O)C(=O)c1ccc(CC)cc1. The van der Waals surface area contributed by atoms with Crippen LogP contribution < -0.4 is 0 Å². The molecule has 124 valence electrons. The molecule has 23 heavy (non-hydrogen) atoms. The number of carbonyl (C=O) groups excluding carboxylic acids is 1. The van der Waals surface area contributed by atoms with E-state index in [-0.39, 0.29) is 12.2 Å². The van der Waals surface area contributed by atoms with Gasteiger partial charge in [-0.05, 0) is 12.0 Å². The van der Waals surface area contributed by atoms with Crippen LogP contribution in [0.25, 0.3) is 0 Å². The summed E-state index contributed by atoms with van der Waals surface area (Å²) in [5.74, 6) is -1.68. The van der Waals surface area contributed by atoms with E-state index in [0.29, 0.717) is 25.2 Å². The normalized spacial score (nSPS) is 11.9. The molecule has 1 rings (SSSR count). The van der Waals surface area contributed by atoms with Crippen molar-refractivity contribution in [3.63, 3.8) is 0 Å². The van der Waals surface area contributed by atoms with Crippen molar-refractivity contribution in [2.75, 3.05) is 19.6 Å². The van der Waals surface area contributed by atoms with Crippen molar-refractivity contribution in [3.05, 3.63) is 60.7 Å². The first-order chi connectivity index (χ1) is 11.0. The smallest absolute Gasteiger partial charge is 0.304 e. The monoisotopic (exact) mass is 315 g/mol. The molecule has 1 aromatic rings. The van der Waals surface area contributed by atoms with Crippen molar-refractivity contribution in [2.24, 2.45) is 5.92 Å². The van der Waals surface area contributed by atoms with E-state index in [4.69, 9.17) is 5.11 Å². The Morgan fingerprint density at radius 1 is 1.17 bits per heavy atom. The molecule has 0 bridgehead atoms. The van der Waals surface area contributed by atoms with Gasteiger partial charge in [0.1, 0.15) is 0 Å². The summed E-state index contributed by atoms with van der Waals surface area (Å²) in [6.45, 7) is 11.0. The second kappa shape index (κ2) is 9.74. The largest absolute Gasteiger partial charge is 0.481 e. The molecule has 0 amide bonds. The van der Waals surface area contributed by atoms with E-state index in [1.165, 1.54) is 0 Å². The third-order valence-corrected chi connectivity index (χ3v) is 3.69. The summed E-state index contributed by atoms with van der Waals surface area (Å²) in [6, 6.07) is 7.38. The van der Waals surface area contributed by atoms with Gasteiger partial charge in [-0.15, -0.1) is 13.2 Å². The molecular formula is C19H25NO3. The van der Waals surface area contributed by atoms with Crippen molar-refractivity contribution in [1.29, 1.82) is 0 Å². The van der Waals surface area contributed by atoms with Crippen molar-refractivity contribution < 1.29 is 14.7 Å². The summed E-state index contributed by atoms with van der Waals surface area (Å²) in [6.07, 6.45) is 4.20. The van der Waals surface area contributed by atoms with Gasteiger partial charge in [0.05, 0.1) is 6.42 Å². The van der Waals surface area contributed by atoms with Crippen molar-refractivity contribution in [3.8, 4) is 0 Å². The van der Waals surface area contributed by atoms with Gasteiger partial charge in [-0.3, -0.25) is 14.5 Å². The Labute approximate surface area is 138 Å². The van der Waals surface area contributed by atoms with E-state index in [1.807, 2.05) is 24.0 Å². The second-order valence-electron chi connectivity index (χ2n) is 5.51. The summed E-state index contributed by atoms with van der Waals surface area (Å²) in [5, 5.41) is 9.12. The van der Waals surface area contributed by atoms with Gasteiger partial charge >= 0.3 is 5.97 Å². The Bertz CT molecular complexity index is 538. The summed E-state index contributed by atoms with van der Waals surface area (Å²) in [7, 11) is 0. The van der Waals surface area contributed by atoms with Crippen LogP contribution in [-0.4, -0.2) is 41.4 Å². The van der Waals surface area contributed by atoms with E-state index in [1.54, 1.807) is 24.3 Å². The van der Waals surface area contributed by atoms with Crippen molar-refractivity contribution in [2.45, 2.75) is 19.8 Å². The van der Waals surface area contributed by atoms with Gasteiger partial charge in [-0.2, -0.15) is 0 Å². The van der Waals surface area contributed by atoms with E-state index in [0.717, 1.165) is 12.0 Å². The van der Waals surface area contributed by atoms with Gasteiger partial charge in [0.15, 0.2) is 5.78 Å². The first kappa shape index (κ1) is 18.8. The molecule has 1 unspecified atom stereocenters. The summed E-state index contributed by atoms with van der Waals surface area (Å²) in [4.78, 5) is 25.8. The molecule has 1 N–H and O–H groups in total. The van der Waals surface area contributed by atoms with Crippen LogP contribution in [0.3, 0.4) is 0 Å². The predicted octanol–water partition coefficient (Wildman–Crippen LogP) is 3.20. The third-order valence-electron chi connectivity index (χ3n) is 3.69. The molecule has 1 aromatic carbocycles. The van der Waals surface area contributed by atoms with Crippen LogP contribution in [0.4, 0.5) is 0 Å². The first-order valence-electron chi connectivity index (χ1n) is 7.80. The quantitative estimate of drug-likeness (QED) is 0.503. The Morgan fingerprint density at radius 3 is 2.17 bits per heavy atom. The maximum absolute atomic E-state index is 12.7. The maximum Gasteiger partial charge on any atom is 0.304 e. The van der Waals surface area contributed by atoms with Gasteiger partial charge < -0.3 is 5.11 Å². The van der Waals surface area contributed by atoms with Crippen molar-refractivity contribution in [1.82, 2.24) is 4.90 Å². The lowest BCUT2D eigenvalue weighted by atomic mass is 9.93. The number of ketones is 1. The summed E-state index contributed by atoms with van der Waals surface area (Å²) < 4.78 is 0. The third kappa shape index (κ3) is 6.20. The summed E-state index contributed by atoms with van der Waals surface area (Å²) in [5.41, 5.74) is 1.71. The van der Waals surface area contributed by atoms with E-state index in [2.05, 4.69) is 13.2 Å². The average Bonchev–Trinajstić information content (AvgIpc) is 2.53. The lowest BCUT2D eigenvalue weighted by molar-refractivity contribution is -0.137. The zero-order valence-electron chi connectivity index (χ0n) is 13.7. The highest BCUT2D eigenvalue weighted by atomic mass is 16.4. The highest BCUT2D eigenvalue weighted by Crippen LogP contribution is 2.16. The van der Waals surface area contributed by atoms with Gasteiger partial charge in [0, 0.05) is 31.1 Å². The lowest BCUT2D eigenvalue weighted by Crippen LogP contribution is -2.35. The second-order valence-corrected chi connectivity index (χ2v) is 5.51. The molecule has 0 aromatic heterocycles. The molecular weight excluding hydrogens is 290 g/mol. The molecule has 1 atom stereocenters. The van der Waals surface area contributed by atoms with Gasteiger partial charge in [-0.25, -0.2) is 0 Å². The van der Waals surface area contributed by atoms with E-state index >= 15 is 0 Å². The van der Waals surface area contributed by atoms with Gasteiger partial charge in [0.25, 0.3) is 0 Å². The summed E-state index contributed by atoms with van der Waals surface area (Å²) >= 11 is 0. The maximum atomic E-state index is 12.7. The fourth-order valence-electron chi connectivity index (χ4n) is 2.49. The molecule has 0 spiro atoms. The fraction of sp³-hybridized carbons (Fsp3) is 0.368. The van der Waals surface area contributed by atoms with Crippen LogP contribution in [0.5, 0.6) is 0 Å². The van der Waals surface area contributed by atoms with Crippen LogP contribution in [0, 0.1) is 5.92 Å². The molecule has 0 saturated heterocycles. The number of nitrogens with zero attached hydrogens (tertiary/aromatic N) is 1. The number of hydrogen-bond donors (Lipinski definition) is 1. The molecule has 0 fully saturated rings. The van der Waals surface area contributed by atoms with Crippen LogP contribution >= 0.6 is 0 Å². The molecule has 4 heteroatoms. The Hall–Kier alpha value is -2.20. The van der Waals surface area contributed by atoms with E-state index in [9.17, 15) is 9.59 Å². The minimum atomic E-state index is -0.967. The molecule has 0 heterocycles. The fourth-order valence-corrected chi connectivity index (χ4v) is 2.49. The van der Waals surface area contributed by atoms with Crippen molar-refractivity contribution >= 4 is 11.8 Å². The number of carbonyl (C=O) groups is 2. The number of rotatable bonds is 11. The highest BCUT2D eigenvalue weighted by Gasteiger charge is 2.25. The molecule has 0 radical (unpaired) electrons. The van der Waals surface area contributed by atoms with Gasteiger partial charge in [0.2, 0.25) is 0 Å². The number of carboxylic acids is 1. The molecule has 4 nitrogen and oxygen atoms in total. The Morgan fingerprint density at radius 2 is 1.74 bits per heavy atom. The Balaban J connectivity index is 2.93. The number of benzene rings is 1. The predicted molar refractivity (Wildman–Crippen MR) is 92.7 cm³/mol. The number of carboxylic acid groups (broad SMARTS) is 1. The van der Waals surface area contributed by atoms with Crippen LogP contribution in [0.2, 0.25) is 0 Å². The van der Waals surface area contributed by atoms with Crippen LogP contribution in [0.15, 0.2) is 49.6 Å². The zero-order chi connectivity index (χ0) is 17.2. The Kier molecular flexibility index (Phi) is 7.98. The lowest BCUT2D eigenvalue weighted by Gasteiger charge is -2.24. The highest BCUT2D eigenvalue weighted by molar-refractivity contribution is 5.99. The topological polar surface area (TPSA) is 57.6 Å². The number of Topliss-reactive ketones (excluding diaryl/α,β-unsaturated/α-hetero) is 1. The minimum Gasteiger partial charge on any atom is -0.481 e. The molecule has 0 aliphatic rings. The number of aliphatic carboxylic acids is 1. The average molecular weight is 315 g/mol. The zero-order valence-corrected chi connectivity index (χ0v) is 13.7. The minimum absolute atomic E-state index is 0.131. The molecule has 0 aliphatic heterocycles. The first-order valence-corrected chi connectivity index (χ1v) is 7.80. The number of aryl methyl sites for hydroxylation is 1. The molecule has 0 aliphatic carbocycles. The van der Waals surface area contributed by atoms with E-state index < -0.39 is 11.9 Å². The number of hydrogen-bond acceptors (Lipinski definition) is 3. The standard InChI is InChI=1S/C19H25NO3/c1-4-11-20(12-5-2)14-17(13-18(21)22)19(23)16-9-7-15(6-3)8-10-16/h4-5,7-10,17H,1-2,6,11-14H2,3H3,(H,21,22).